The van der Waals surface area contributed by atoms with Crippen molar-refractivity contribution in [2.45, 2.75) is 13.5 Å². The first-order valence-electron chi connectivity index (χ1n) is 5.59. The maximum atomic E-state index is 5.53. The van der Waals surface area contributed by atoms with Crippen molar-refractivity contribution in [1.82, 2.24) is 10.2 Å². The largest absolute Gasteiger partial charge is 0.489 e. The Hall–Kier alpha value is -1.72. The molecule has 0 aliphatic rings. The van der Waals surface area contributed by atoms with Crippen LogP contribution in [0.5, 0.6) is 5.75 Å². The molecule has 2 aromatic rings. The highest BCUT2D eigenvalue weighted by Gasteiger charge is 2.05. The Bertz CT molecular complexity index is 533. The standard InChI is InChI=1S/C13H15N3OS/c1-9(2)8-17-11-5-3-10(4-6-11)13-16-15-12(7-14)18-13/h3-6H,1,7-8,14H2,2H3. The van der Waals surface area contributed by atoms with Crippen LogP contribution in [-0.4, -0.2) is 16.8 Å². The molecule has 0 bridgehead atoms. The second-order valence-electron chi connectivity index (χ2n) is 3.98. The number of nitrogens with zero attached hydrogens (tertiary/aromatic N) is 2. The number of aromatic nitrogens is 2. The van der Waals surface area contributed by atoms with Gasteiger partial charge in [-0.3, -0.25) is 0 Å². The van der Waals surface area contributed by atoms with Crippen LogP contribution >= 0.6 is 11.3 Å². The second kappa shape index (κ2) is 5.75. The van der Waals surface area contributed by atoms with Crippen LogP contribution in [-0.2, 0) is 6.54 Å². The van der Waals surface area contributed by atoms with Gasteiger partial charge in [0.25, 0.3) is 0 Å². The highest BCUT2D eigenvalue weighted by atomic mass is 32.1. The van der Waals surface area contributed by atoms with Gasteiger partial charge in [-0.2, -0.15) is 0 Å². The maximum Gasteiger partial charge on any atom is 0.147 e. The summed E-state index contributed by atoms with van der Waals surface area (Å²) in [5.74, 6) is 0.824. The van der Waals surface area contributed by atoms with Crippen molar-refractivity contribution in [1.29, 1.82) is 0 Å². The molecule has 0 unspecified atom stereocenters. The Morgan fingerprint density at radius 1 is 1.33 bits per heavy atom. The van der Waals surface area contributed by atoms with E-state index in [1.54, 1.807) is 0 Å². The molecule has 0 aliphatic heterocycles. The van der Waals surface area contributed by atoms with Gasteiger partial charge in [-0.15, -0.1) is 10.2 Å². The molecule has 2 rings (SSSR count). The Morgan fingerprint density at radius 3 is 2.61 bits per heavy atom. The lowest BCUT2D eigenvalue weighted by atomic mass is 10.2. The summed E-state index contributed by atoms with van der Waals surface area (Å²) in [6, 6.07) is 7.77. The molecule has 0 aliphatic carbocycles. The Balaban J connectivity index is 2.09. The monoisotopic (exact) mass is 261 g/mol. The van der Waals surface area contributed by atoms with Gasteiger partial charge in [-0.25, -0.2) is 0 Å². The molecule has 0 saturated carbocycles. The van der Waals surface area contributed by atoms with Crippen LogP contribution in [0.25, 0.3) is 10.6 Å². The van der Waals surface area contributed by atoms with Crippen molar-refractivity contribution in [2.24, 2.45) is 5.73 Å². The van der Waals surface area contributed by atoms with Crippen molar-refractivity contribution >= 4 is 11.3 Å². The number of benzene rings is 1. The Morgan fingerprint density at radius 2 is 2.06 bits per heavy atom. The van der Waals surface area contributed by atoms with E-state index < -0.39 is 0 Å². The highest BCUT2D eigenvalue weighted by Crippen LogP contribution is 2.25. The van der Waals surface area contributed by atoms with Crippen molar-refractivity contribution < 1.29 is 4.74 Å². The zero-order valence-corrected chi connectivity index (χ0v) is 11.0. The van der Waals surface area contributed by atoms with Gasteiger partial charge in [0, 0.05) is 12.1 Å². The molecule has 0 amide bonds. The third kappa shape index (κ3) is 3.15. The molecule has 0 saturated heterocycles. The molecular formula is C13H15N3OS. The summed E-state index contributed by atoms with van der Waals surface area (Å²) in [5.41, 5.74) is 7.53. The van der Waals surface area contributed by atoms with Gasteiger partial charge in [-0.1, -0.05) is 17.9 Å². The first-order chi connectivity index (χ1) is 8.69. The van der Waals surface area contributed by atoms with Gasteiger partial charge in [0.05, 0.1) is 0 Å². The molecule has 1 heterocycles. The lowest BCUT2D eigenvalue weighted by Gasteiger charge is -2.05. The van der Waals surface area contributed by atoms with E-state index in [4.69, 9.17) is 10.5 Å². The van der Waals surface area contributed by atoms with Crippen molar-refractivity contribution in [3.05, 3.63) is 41.4 Å². The minimum Gasteiger partial charge on any atom is -0.489 e. The van der Waals surface area contributed by atoms with Crippen LogP contribution in [0.2, 0.25) is 0 Å². The van der Waals surface area contributed by atoms with Gasteiger partial charge >= 0.3 is 0 Å². The average Bonchev–Trinajstić information content (AvgIpc) is 2.85. The summed E-state index contributed by atoms with van der Waals surface area (Å²) in [6.45, 7) is 6.69. The number of rotatable bonds is 5. The molecule has 5 heteroatoms. The molecule has 1 aromatic heterocycles. The fraction of sp³-hybridized carbons (Fsp3) is 0.231. The SMILES string of the molecule is C=C(C)COc1ccc(-c2nnc(CN)s2)cc1. The molecule has 94 valence electrons. The van der Waals surface area contributed by atoms with E-state index in [1.807, 2.05) is 31.2 Å². The van der Waals surface area contributed by atoms with Crippen LogP contribution in [0.3, 0.4) is 0 Å². The molecule has 18 heavy (non-hydrogen) atoms. The van der Waals surface area contributed by atoms with E-state index in [0.29, 0.717) is 13.2 Å². The number of hydrogen-bond acceptors (Lipinski definition) is 5. The lowest BCUT2D eigenvalue weighted by Crippen LogP contribution is -1.96. The van der Waals surface area contributed by atoms with Crippen molar-refractivity contribution in [2.75, 3.05) is 6.61 Å². The molecule has 0 radical (unpaired) electrons. The summed E-state index contributed by atoms with van der Waals surface area (Å²) in [4.78, 5) is 0. The summed E-state index contributed by atoms with van der Waals surface area (Å²) in [6.07, 6.45) is 0. The second-order valence-corrected chi connectivity index (χ2v) is 5.04. The average molecular weight is 261 g/mol. The topological polar surface area (TPSA) is 61.0 Å². The number of hydrogen-bond donors (Lipinski definition) is 1. The van der Waals surface area contributed by atoms with Crippen molar-refractivity contribution in [3.63, 3.8) is 0 Å². The first kappa shape index (κ1) is 12.7. The van der Waals surface area contributed by atoms with Gasteiger partial charge < -0.3 is 10.5 Å². The smallest absolute Gasteiger partial charge is 0.147 e. The van der Waals surface area contributed by atoms with E-state index in [-0.39, 0.29) is 0 Å². The first-order valence-corrected chi connectivity index (χ1v) is 6.41. The Kier molecular flexibility index (Phi) is 4.07. The third-order valence-electron chi connectivity index (χ3n) is 2.23. The van der Waals surface area contributed by atoms with Crippen molar-refractivity contribution in [3.8, 4) is 16.3 Å². The summed E-state index contributed by atoms with van der Waals surface area (Å²) >= 11 is 1.51. The van der Waals surface area contributed by atoms with E-state index in [1.165, 1.54) is 11.3 Å². The molecule has 2 N–H and O–H groups in total. The van der Waals surface area contributed by atoms with Gasteiger partial charge in [-0.05, 0) is 36.8 Å². The number of ether oxygens (including phenoxy) is 1. The molecule has 1 aromatic carbocycles. The van der Waals surface area contributed by atoms with Crippen LogP contribution in [0.1, 0.15) is 11.9 Å². The Labute approximate surface area is 110 Å². The van der Waals surface area contributed by atoms with Gasteiger partial charge in [0.15, 0.2) is 0 Å². The zero-order valence-electron chi connectivity index (χ0n) is 10.2. The normalized spacial score (nSPS) is 10.3. The summed E-state index contributed by atoms with van der Waals surface area (Å²) in [7, 11) is 0. The maximum absolute atomic E-state index is 5.53. The van der Waals surface area contributed by atoms with Crippen LogP contribution < -0.4 is 10.5 Å². The molecular weight excluding hydrogens is 246 g/mol. The fourth-order valence-electron chi connectivity index (χ4n) is 1.35. The summed E-state index contributed by atoms with van der Waals surface area (Å²) in [5, 5.41) is 9.81. The van der Waals surface area contributed by atoms with E-state index in [0.717, 1.165) is 26.9 Å². The van der Waals surface area contributed by atoms with E-state index >= 15 is 0 Å². The molecule has 0 fully saturated rings. The van der Waals surface area contributed by atoms with E-state index in [2.05, 4.69) is 16.8 Å². The summed E-state index contributed by atoms with van der Waals surface area (Å²) < 4.78 is 5.53. The lowest BCUT2D eigenvalue weighted by molar-refractivity contribution is 0.353. The van der Waals surface area contributed by atoms with Crippen LogP contribution in [0.15, 0.2) is 36.4 Å². The predicted octanol–water partition coefficient (Wildman–Crippen LogP) is 2.62. The van der Waals surface area contributed by atoms with Gasteiger partial charge in [0.1, 0.15) is 22.4 Å². The minimum absolute atomic E-state index is 0.428. The molecule has 0 spiro atoms. The zero-order chi connectivity index (χ0) is 13.0. The molecule has 0 atom stereocenters. The van der Waals surface area contributed by atoms with Crippen LogP contribution in [0, 0.1) is 0 Å². The fourth-order valence-corrected chi connectivity index (χ4v) is 2.08. The number of nitrogens with two attached hydrogens (primary N) is 1. The van der Waals surface area contributed by atoms with E-state index in [9.17, 15) is 0 Å². The highest BCUT2D eigenvalue weighted by molar-refractivity contribution is 7.14. The minimum atomic E-state index is 0.428. The predicted molar refractivity (Wildman–Crippen MR) is 73.5 cm³/mol. The van der Waals surface area contributed by atoms with Gasteiger partial charge in [0.2, 0.25) is 0 Å². The quantitative estimate of drug-likeness (QED) is 0.840. The molecule has 4 nitrogen and oxygen atoms in total. The third-order valence-corrected chi connectivity index (χ3v) is 3.22. The van der Waals surface area contributed by atoms with Crippen LogP contribution in [0.4, 0.5) is 0 Å².